The zero-order valence-electron chi connectivity index (χ0n) is 14.8. The van der Waals surface area contributed by atoms with Gasteiger partial charge in [0.1, 0.15) is 5.09 Å². The molecule has 0 heterocycles. The first-order chi connectivity index (χ1) is 9.58. The van der Waals surface area contributed by atoms with E-state index in [1.54, 1.807) is 11.8 Å². The summed E-state index contributed by atoms with van der Waals surface area (Å²) in [6.45, 7) is 18.0. The van der Waals surface area contributed by atoms with Crippen molar-refractivity contribution >= 4 is 20.1 Å². The van der Waals surface area contributed by atoms with Gasteiger partial charge in [-0.15, -0.1) is 0 Å². The molecule has 1 rings (SSSR count). The fourth-order valence-electron chi connectivity index (χ4n) is 1.70. The molecule has 0 saturated heterocycles. The Balaban J connectivity index is 2.96. The first kappa shape index (κ1) is 18.4. The fourth-order valence-corrected chi connectivity index (χ4v) is 4.32. The number of allylic oxidation sites excluding steroid dienone is 1. The Morgan fingerprint density at radius 2 is 1.76 bits per heavy atom. The van der Waals surface area contributed by atoms with E-state index >= 15 is 0 Å². The Bertz CT molecular complexity index is 498. The lowest BCUT2D eigenvalue weighted by Gasteiger charge is -2.37. The van der Waals surface area contributed by atoms with Gasteiger partial charge in [-0.3, -0.25) is 0 Å². The van der Waals surface area contributed by atoms with Gasteiger partial charge in [-0.1, -0.05) is 64.6 Å². The highest BCUT2D eigenvalue weighted by Gasteiger charge is 2.39. The monoisotopic (exact) mass is 322 g/mol. The first-order valence-electron chi connectivity index (χ1n) is 7.70. The summed E-state index contributed by atoms with van der Waals surface area (Å²) in [5.41, 5.74) is 1.39. The highest BCUT2D eigenvalue weighted by atomic mass is 32.2. The van der Waals surface area contributed by atoms with Crippen LogP contribution in [-0.4, -0.2) is 8.32 Å². The standard InChI is InChI=1S/C18H30OSSi/c1-9-17(19-21(7,8)18(4,5)6)20-16-13-11-10-12-15(16)14(2)3/h9-14H,1-8H3/b17-9+. The molecule has 1 aromatic carbocycles. The van der Waals surface area contributed by atoms with Gasteiger partial charge < -0.3 is 4.43 Å². The molecule has 0 fully saturated rings. The van der Waals surface area contributed by atoms with Gasteiger partial charge in [0.2, 0.25) is 0 Å². The second-order valence-corrected chi connectivity index (χ2v) is 13.0. The van der Waals surface area contributed by atoms with Crippen LogP contribution < -0.4 is 0 Å². The average molecular weight is 323 g/mol. The summed E-state index contributed by atoms with van der Waals surface area (Å²) in [6.07, 6.45) is 2.10. The lowest BCUT2D eigenvalue weighted by molar-refractivity contribution is 0.417. The summed E-state index contributed by atoms with van der Waals surface area (Å²) in [7, 11) is -1.78. The van der Waals surface area contributed by atoms with E-state index < -0.39 is 8.32 Å². The van der Waals surface area contributed by atoms with Crippen LogP contribution in [0.1, 0.15) is 53.0 Å². The molecule has 0 aliphatic rings. The molecule has 0 saturated carbocycles. The molecule has 0 atom stereocenters. The zero-order chi connectivity index (χ0) is 16.3. The van der Waals surface area contributed by atoms with Crippen molar-refractivity contribution in [2.75, 3.05) is 0 Å². The van der Waals surface area contributed by atoms with E-state index in [9.17, 15) is 0 Å². The molecule has 21 heavy (non-hydrogen) atoms. The quantitative estimate of drug-likeness (QED) is 0.335. The van der Waals surface area contributed by atoms with Gasteiger partial charge in [-0.05, 0) is 48.7 Å². The molecule has 0 unspecified atom stereocenters. The molecular weight excluding hydrogens is 292 g/mol. The Kier molecular flexibility index (Phi) is 6.18. The van der Waals surface area contributed by atoms with Crippen molar-refractivity contribution in [1.29, 1.82) is 0 Å². The van der Waals surface area contributed by atoms with E-state index in [1.807, 2.05) is 0 Å². The van der Waals surface area contributed by atoms with Crippen LogP contribution in [0.2, 0.25) is 18.1 Å². The summed E-state index contributed by atoms with van der Waals surface area (Å²) in [6, 6.07) is 8.63. The van der Waals surface area contributed by atoms with Crippen LogP contribution in [0.5, 0.6) is 0 Å². The third kappa shape index (κ3) is 4.92. The summed E-state index contributed by atoms with van der Waals surface area (Å²) in [4.78, 5) is 1.30. The molecule has 1 nitrogen and oxygen atoms in total. The van der Waals surface area contributed by atoms with E-state index in [0.29, 0.717) is 5.92 Å². The van der Waals surface area contributed by atoms with E-state index in [-0.39, 0.29) is 5.04 Å². The van der Waals surface area contributed by atoms with Gasteiger partial charge in [-0.25, -0.2) is 0 Å². The maximum atomic E-state index is 6.45. The third-order valence-electron chi connectivity index (χ3n) is 4.15. The van der Waals surface area contributed by atoms with Crippen molar-refractivity contribution in [1.82, 2.24) is 0 Å². The Morgan fingerprint density at radius 1 is 1.19 bits per heavy atom. The number of hydrogen-bond donors (Lipinski definition) is 0. The normalized spacial score (nSPS) is 13.7. The maximum Gasteiger partial charge on any atom is 0.251 e. The van der Waals surface area contributed by atoms with Crippen molar-refractivity contribution in [3.05, 3.63) is 41.0 Å². The minimum Gasteiger partial charge on any atom is -0.539 e. The Labute approximate surface area is 136 Å². The van der Waals surface area contributed by atoms with Crippen LogP contribution in [0.15, 0.2) is 40.3 Å². The molecule has 0 N–H and O–H groups in total. The molecule has 1 aromatic rings. The van der Waals surface area contributed by atoms with Gasteiger partial charge in [0.05, 0.1) is 0 Å². The molecule has 0 spiro atoms. The van der Waals surface area contributed by atoms with Gasteiger partial charge in [0.15, 0.2) is 0 Å². The molecule has 0 radical (unpaired) electrons. The van der Waals surface area contributed by atoms with Crippen LogP contribution >= 0.6 is 11.8 Å². The van der Waals surface area contributed by atoms with Crippen LogP contribution in [-0.2, 0) is 4.43 Å². The van der Waals surface area contributed by atoms with Crippen molar-refractivity contribution in [3.63, 3.8) is 0 Å². The number of thioether (sulfide) groups is 1. The van der Waals surface area contributed by atoms with Crippen LogP contribution in [0.3, 0.4) is 0 Å². The highest BCUT2D eigenvalue weighted by Crippen LogP contribution is 2.42. The summed E-state index contributed by atoms with van der Waals surface area (Å²) in [5.74, 6) is 0.527. The third-order valence-corrected chi connectivity index (χ3v) is 9.75. The highest BCUT2D eigenvalue weighted by molar-refractivity contribution is 8.03. The molecule has 0 amide bonds. The minimum absolute atomic E-state index is 0.222. The topological polar surface area (TPSA) is 9.23 Å². The van der Waals surface area contributed by atoms with Crippen LogP contribution in [0, 0.1) is 0 Å². The summed E-state index contributed by atoms with van der Waals surface area (Å²) < 4.78 is 6.45. The molecule has 0 aliphatic heterocycles. The SMILES string of the molecule is C/C=C(\O[Si](C)(C)C(C)(C)C)Sc1ccccc1C(C)C. The lowest BCUT2D eigenvalue weighted by Crippen LogP contribution is -2.40. The summed E-state index contributed by atoms with van der Waals surface area (Å²) >= 11 is 1.76. The van der Waals surface area contributed by atoms with E-state index in [0.717, 1.165) is 5.09 Å². The van der Waals surface area contributed by atoms with E-state index in [2.05, 4.69) is 85.0 Å². The van der Waals surface area contributed by atoms with Crippen molar-refractivity contribution < 1.29 is 4.43 Å². The van der Waals surface area contributed by atoms with E-state index in [4.69, 9.17) is 4.43 Å². The molecule has 0 aliphatic carbocycles. The molecule has 0 bridgehead atoms. The largest absolute Gasteiger partial charge is 0.539 e. The zero-order valence-corrected chi connectivity index (χ0v) is 16.6. The van der Waals surface area contributed by atoms with E-state index in [1.165, 1.54) is 10.5 Å². The molecular formula is C18H30OSSi. The second-order valence-electron chi connectivity index (χ2n) is 7.26. The predicted molar refractivity (Wildman–Crippen MR) is 98.4 cm³/mol. The molecule has 3 heteroatoms. The molecule has 0 aromatic heterocycles. The van der Waals surface area contributed by atoms with Gasteiger partial charge in [-0.2, -0.15) is 0 Å². The second kappa shape index (κ2) is 7.06. The fraction of sp³-hybridized carbons (Fsp3) is 0.556. The predicted octanol–water partition coefficient (Wildman–Crippen LogP) is 6.79. The van der Waals surface area contributed by atoms with Gasteiger partial charge in [0, 0.05) is 4.90 Å². The first-order valence-corrected chi connectivity index (χ1v) is 11.4. The Morgan fingerprint density at radius 3 is 2.24 bits per heavy atom. The van der Waals surface area contributed by atoms with Crippen molar-refractivity contribution in [3.8, 4) is 0 Å². The average Bonchev–Trinajstić information content (AvgIpc) is 2.36. The van der Waals surface area contributed by atoms with Crippen LogP contribution in [0.4, 0.5) is 0 Å². The van der Waals surface area contributed by atoms with Crippen LogP contribution in [0.25, 0.3) is 0 Å². The maximum absolute atomic E-state index is 6.45. The number of rotatable bonds is 5. The number of hydrogen-bond acceptors (Lipinski definition) is 2. The molecule has 118 valence electrons. The Hall–Kier alpha value is -0.673. The van der Waals surface area contributed by atoms with Gasteiger partial charge in [0.25, 0.3) is 8.32 Å². The summed E-state index contributed by atoms with van der Waals surface area (Å²) in [5, 5.41) is 1.26. The van der Waals surface area contributed by atoms with Gasteiger partial charge >= 0.3 is 0 Å². The smallest absolute Gasteiger partial charge is 0.251 e. The number of benzene rings is 1. The minimum atomic E-state index is -1.78. The van der Waals surface area contributed by atoms with Crippen molar-refractivity contribution in [2.45, 2.75) is 70.5 Å². The lowest BCUT2D eigenvalue weighted by atomic mass is 10.0. The van der Waals surface area contributed by atoms with Crippen molar-refractivity contribution in [2.24, 2.45) is 0 Å².